The van der Waals surface area contributed by atoms with Crippen LogP contribution in [0.25, 0.3) is 0 Å². The Labute approximate surface area is 86.1 Å². The number of halogens is 1. The number of rotatable bonds is 2. The summed E-state index contributed by atoms with van der Waals surface area (Å²) in [4.78, 5) is 24.6. The fourth-order valence-electron chi connectivity index (χ4n) is 1.45. The molecule has 0 N–H and O–H groups in total. The van der Waals surface area contributed by atoms with Crippen LogP contribution in [0.5, 0.6) is 0 Å². The van der Waals surface area contributed by atoms with E-state index in [4.69, 9.17) is 11.6 Å². The molecule has 2 heterocycles. The Morgan fingerprint density at radius 3 is 2.79 bits per heavy atom. The number of hydrogen-bond acceptors (Lipinski definition) is 4. The predicted octanol–water partition coefficient (Wildman–Crippen LogP) is 0.463. The molecule has 6 heteroatoms. The van der Waals surface area contributed by atoms with E-state index >= 15 is 0 Å². The molecule has 1 saturated heterocycles. The summed E-state index contributed by atoms with van der Waals surface area (Å²) in [5, 5.41) is 0. The molecule has 1 fully saturated rings. The van der Waals surface area contributed by atoms with Crippen LogP contribution in [0.15, 0.2) is 12.7 Å². The Hall–Kier alpha value is -1.23. The zero-order valence-corrected chi connectivity index (χ0v) is 8.18. The van der Waals surface area contributed by atoms with Crippen LogP contribution in [-0.2, 0) is 4.79 Å². The van der Waals surface area contributed by atoms with Gasteiger partial charge in [-0.15, -0.1) is 11.6 Å². The van der Waals surface area contributed by atoms with E-state index in [1.54, 1.807) is 4.90 Å². The molecule has 0 aromatic carbocycles. The average Bonchev–Trinajstić information content (AvgIpc) is 2.61. The zero-order chi connectivity index (χ0) is 9.97. The van der Waals surface area contributed by atoms with Gasteiger partial charge in [0.2, 0.25) is 11.9 Å². The summed E-state index contributed by atoms with van der Waals surface area (Å²) in [6.07, 6.45) is 3.24. The van der Waals surface area contributed by atoms with E-state index in [1.165, 1.54) is 12.7 Å². The molecule has 2 rings (SSSR count). The molecule has 0 saturated carbocycles. The molecule has 1 unspecified atom stereocenters. The number of alkyl halides is 1. The molecule has 0 spiro atoms. The lowest BCUT2D eigenvalue weighted by molar-refractivity contribution is -0.117. The van der Waals surface area contributed by atoms with Gasteiger partial charge < -0.3 is 0 Å². The number of anilines is 1. The highest BCUT2D eigenvalue weighted by molar-refractivity contribution is 6.18. The van der Waals surface area contributed by atoms with Crippen molar-refractivity contribution in [1.29, 1.82) is 0 Å². The largest absolute Gasteiger partial charge is 0.280 e. The Morgan fingerprint density at radius 1 is 1.50 bits per heavy atom. The molecule has 0 radical (unpaired) electrons. The Morgan fingerprint density at radius 2 is 2.21 bits per heavy atom. The smallest absolute Gasteiger partial charge is 0.235 e. The van der Waals surface area contributed by atoms with Crippen LogP contribution in [0, 0.1) is 5.92 Å². The normalized spacial score (nSPS) is 21.6. The molecule has 1 amide bonds. The number of aromatic nitrogens is 3. The first-order chi connectivity index (χ1) is 6.81. The van der Waals surface area contributed by atoms with Gasteiger partial charge in [-0.2, -0.15) is 0 Å². The highest BCUT2D eigenvalue weighted by Crippen LogP contribution is 2.21. The first-order valence-electron chi connectivity index (χ1n) is 4.29. The molecule has 1 aliphatic heterocycles. The van der Waals surface area contributed by atoms with Crippen LogP contribution >= 0.6 is 11.6 Å². The minimum atomic E-state index is 0.0295. The van der Waals surface area contributed by atoms with Crippen molar-refractivity contribution >= 4 is 23.5 Å². The summed E-state index contributed by atoms with van der Waals surface area (Å²) in [5.74, 6) is 1.15. The number of hydrogen-bond donors (Lipinski definition) is 0. The number of nitrogens with zero attached hydrogens (tertiary/aromatic N) is 4. The lowest BCUT2D eigenvalue weighted by atomic mass is 10.2. The summed E-state index contributed by atoms with van der Waals surface area (Å²) in [6.45, 7) is 0.604. The lowest BCUT2D eigenvalue weighted by Gasteiger charge is -2.12. The third-order valence-electron chi connectivity index (χ3n) is 2.14. The third-order valence-corrected chi connectivity index (χ3v) is 2.58. The maximum absolute atomic E-state index is 11.5. The van der Waals surface area contributed by atoms with Gasteiger partial charge >= 0.3 is 0 Å². The SMILES string of the molecule is O=C1CC(CCl)CN1c1ncncn1. The van der Waals surface area contributed by atoms with E-state index in [0.717, 1.165) is 0 Å². The zero-order valence-electron chi connectivity index (χ0n) is 7.43. The quantitative estimate of drug-likeness (QED) is 0.669. The fourth-order valence-corrected chi connectivity index (χ4v) is 1.66. The van der Waals surface area contributed by atoms with Crippen LogP contribution in [0.4, 0.5) is 5.95 Å². The van der Waals surface area contributed by atoms with Crippen molar-refractivity contribution in [2.45, 2.75) is 6.42 Å². The van der Waals surface area contributed by atoms with Crippen molar-refractivity contribution in [3.63, 3.8) is 0 Å². The van der Waals surface area contributed by atoms with Gasteiger partial charge in [0.05, 0.1) is 0 Å². The van der Waals surface area contributed by atoms with Gasteiger partial charge in [0.15, 0.2) is 0 Å². The Kier molecular flexibility index (Phi) is 2.58. The van der Waals surface area contributed by atoms with Gasteiger partial charge in [0.1, 0.15) is 12.7 Å². The van der Waals surface area contributed by atoms with Crippen molar-refractivity contribution in [1.82, 2.24) is 15.0 Å². The van der Waals surface area contributed by atoms with Gasteiger partial charge in [0.25, 0.3) is 0 Å². The van der Waals surface area contributed by atoms with Gasteiger partial charge in [0, 0.05) is 18.8 Å². The fraction of sp³-hybridized carbons (Fsp3) is 0.500. The summed E-state index contributed by atoms with van der Waals surface area (Å²) in [5.41, 5.74) is 0. The lowest BCUT2D eigenvalue weighted by Crippen LogP contribution is -2.26. The molecule has 0 aliphatic carbocycles. The van der Waals surface area contributed by atoms with Crippen molar-refractivity contribution in [2.75, 3.05) is 17.3 Å². The monoisotopic (exact) mass is 212 g/mol. The highest BCUT2D eigenvalue weighted by atomic mass is 35.5. The van der Waals surface area contributed by atoms with Crippen molar-refractivity contribution < 1.29 is 4.79 Å². The van der Waals surface area contributed by atoms with Crippen LogP contribution < -0.4 is 4.90 Å². The van der Waals surface area contributed by atoms with Gasteiger partial charge in [-0.05, 0) is 5.92 Å². The minimum Gasteiger partial charge on any atom is -0.280 e. The molecule has 1 atom stereocenters. The first kappa shape index (κ1) is 9.33. The predicted molar refractivity (Wildman–Crippen MR) is 51.0 cm³/mol. The second kappa shape index (κ2) is 3.88. The second-order valence-corrected chi connectivity index (χ2v) is 3.48. The molecular formula is C8H9ClN4O. The Balaban J connectivity index is 2.17. The topological polar surface area (TPSA) is 59.0 Å². The standard InChI is InChI=1S/C8H9ClN4O/c9-2-6-1-7(14)13(3-6)8-11-4-10-5-12-8/h4-6H,1-3H2. The molecule has 5 nitrogen and oxygen atoms in total. The van der Waals surface area contributed by atoms with E-state index in [0.29, 0.717) is 24.8 Å². The van der Waals surface area contributed by atoms with E-state index in [9.17, 15) is 4.79 Å². The Bertz CT molecular complexity index is 331. The molecule has 14 heavy (non-hydrogen) atoms. The van der Waals surface area contributed by atoms with Crippen molar-refractivity contribution in [2.24, 2.45) is 5.92 Å². The highest BCUT2D eigenvalue weighted by Gasteiger charge is 2.31. The maximum atomic E-state index is 11.5. The molecule has 1 aromatic rings. The molecule has 1 aromatic heterocycles. The maximum Gasteiger partial charge on any atom is 0.235 e. The summed E-state index contributed by atoms with van der Waals surface area (Å²) >= 11 is 5.69. The van der Waals surface area contributed by atoms with Crippen LogP contribution in [0.2, 0.25) is 0 Å². The van der Waals surface area contributed by atoms with Crippen molar-refractivity contribution in [3.05, 3.63) is 12.7 Å². The van der Waals surface area contributed by atoms with Gasteiger partial charge in [-0.25, -0.2) is 15.0 Å². The summed E-state index contributed by atoms with van der Waals surface area (Å²) in [6, 6.07) is 0. The average molecular weight is 213 g/mol. The van der Waals surface area contributed by atoms with Gasteiger partial charge in [-0.1, -0.05) is 0 Å². The molecule has 74 valence electrons. The van der Waals surface area contributed by atoms with Crippen LogP contribution in [-0.4, -0.2) is 33.3 Å². The van der Waals surface area contributed by atoms with E-state index in [-0.39, 0.29) is 11.8 Å². The third kappa shape index (κ3) is 1.68. The van der Waals surface area contributed by atoms with Crippen LogP contribution in [0.3, 0.4) is 0 Å². The van der Waals surface area contributed by atoms with Gasteiger partial charge in [-0.3, -0.25) is 9.69 Å². The summed E-state index contributed by atoms with van der Waals surface area (Å²) in [7, 11) is 0. The molecule has 1 aliphatic rings. The van der Waals surface area contributed by atoms with E-state index < -0.39 is 0 Å². The minimum absolute atomic E-state index is 0.0295. The number of carbonyl (C=O) groups is 1. The van der Waals surface area contributed by atoms with E-state index in [2.05, 4.69) is 15.0 Å². The van der Waals surface area contributed by atoms with Crippen molar-refractivity contribution in [3.8, 4) is 0 Å². The van der Waals surface area contributed by atoms with Crippen LogP contribution in [0.1, 0.15) is 6.42 Å². The number of amides is 1. The van der Waals surface area contributed by atoms with E-state index in [1.807, 2.05) is 0 Å². The molecule has 0 bridgehead atoms. The first-order valence-corrected chi connectivity index (χ1v) is 4.83. The molecular weight excluding hydrogens is 204 g/mol. The second-order valence-electron chi connectivity index (χ2n) is 3.17. The summed E-state index contributed by atoms with van der Waals surface area (Å²) < 4.78 is 0. The number of carbonyl (C=O) groups excluding carboxylic acids is 1.